The van der Waals surface area contributed by atoms with Crippen LogP contribution in [0, 0.1) is 0 Å². The summed E-state index contributed by atoms with van der Waals surface area (Å²) in [6, 6.07) is -25.8. The molecule has 0 saturated heterocycles. The van der Waals surface area contributed by atoms with E-state index in [2.05, 4.69) is 15.0 Å². The number of fused-ring (bicyclic) bond motifs is 4. The molecule has 0 bridgehead atoms. The number of allylic oxidation sites excluding steroid dienone is 8. The second-order valence-corrected chi connectivity index (χ2v) is 11.2. The normalized spacial score (nSPS) is 22.7. The molecule has 0 spiro atoms. The van der Waals surface area contributed by atoms with Crippen molar-refractivity contribution in [2.24, 2.45) is 0 Å². The van der Waals surface area contributed by atoms with Gasteiger partial charge in [0.05, 0.1) is 41.1 Å². The quantitative estimate of drug-likeness (QED) is 0.146. The van der Waals surface area contributed by atoms with Gasteiger partial charge in [-0.25, -0.2) is 15.0 Å². The van der Waals surface area contributed by atoms with Crippen molar-refractivity contribution in [2.45, 2.75) is 13.3 Å². The molecule has 0 radical (unpaired) electrons. The summed E-state index contributed by atoms with van der Waals surface area (Å²) in [5.41, 5.74) is -8.30. The number of furan rings is 1. The fourth-order valence-corrected chi connectivity index (χ4v) is 5.41. The van der Waals surface area contributed by atoms with E-state index in [1.807, 2.05) is 0 Å². The average Bonchev–Trinajstić information content (AvgIpc) is 1.38. The maximum atomic E-state index is 9.67. The SMILES string of the molecule is [2H]C=C([2H])/C([2H])=C(/[2H])C1=Cc2c([2H])c([2H])c([2H])c([2H])c2C/C1=C([2H])\C(=C(\[2H])C[2H])c1c([2H])c([2H])c([2H])c(-c2c([2H])c([2H])c(-c3nc(-c4c([2H])c([2H])c([2H])c([2H])c4[2H])nc(-c4c([2H])c([2H])c5c(oc6c([2H])c([2H])c([2H])c([2H])c65)c4[2H])n3)c([2H])c2[2H])c1[2H]. The summed E-state index contributed by atoms with van der Waals surface area (Å²) >= 11 is 0. The van der Waals surface area contributed by atoms with Crippen LogP contribution < -0.4 is 0 Å². The van der Waals surface area contributed by atoms with Gasteiger partial charge in [0.2, 0.25) is 0 Å². The number of hydrogen-bond acceptors (Lipinski definition) is 4. The smallest absolute Gasteiger partial charge is 0.164 e. The van der Waals surface area contributed by atoms with Crippen LogP contribution in [0.3, 0.4) is 0 Å². The van der Waals surface area contributed by atoms with Gasteiger partial charge in [-0.3, -0.25) is 0 Å². The van der Waals surface area contributed by atoms with E-state index in [1.165, 1.54) is 0 Å². The van der Waals surface area contributed by atoms with Gasteiger partial charge in [0.25, 0.3) is 0 Å². The van der Waals surface area contributed by atoms with Gasteiger partial charge >= 0.3 is 0 Å². The molecule has 0 saturated carbocycles. The van der Waals surface area contributed by atoms with Gasteiger partial charge in [0, 0.05) is 28.8 Å². The van der Waals surface area contributed by atoms with E-state index in [1.54, 1.807) is 0 Å². The molecule has 6 aromatic carbocycles. The van der Waals surface area contributed by atoms with Crippen molar-refractivity contribution in [1.29, 1.82) is 0 Å². The number of aromatic nitrogens is 3. The van der Waals surface area contributed by atoms with E-state index < -0.39 is 273 Å². The highest BCUT2D eigenvalue weighted by Gasteiger charge is 2.16. The van der Waals surface area contributed by atoms with Crippen molar-refractivity contribution in [3.63, 3.8) is 0 Å². The van der Waals surface area contributed by atoms with E-state index in [0.717, 1.165) is 6.08 Å². The van der Waals surface area contributed by atoms with Crippen molar-refractivity contribution >= 4 is 33.6 Å². The topological polar surface area (TPSA) is 51.8 Å². The van der Waals surface area contributed by atoms with Gasteiger partial charge in [-0.05, 0) is 88.1 Å². The van der Waals surface area contributed by atoms with E-state index in [-0.39, 0.29) is 16.5 Å². The van der Waals surface area contributed by atoms with Gasteiger partial charge in [-0.15, -0.1) is 0 Å². The summed E-state index contributed by atoms with van der Waals surface area (Å²) < 4.78 is 278. The molecule has 9 rings (SSSR count). The molecule has 4 heteroatoms. The Labute approximate surface area is 364 Å². The van der Waals surface area contributed by atoms with Crippen LogP contribution >= 0.6 is 0 Å². The lowest BCUT2D eigenvalue weighted by atomic mass is 9.86. The molecule has 8 aromatic rings. The Morgan fingerprint density at radius 2 is 1.38 bits per heavy atom. The van der Waals surface area contributed by atoms with Crippen LogP contribution in [0.4, 0.5) is 0 Å². The highest BCUT2D eigenvalue weighted by atomic mass is 16.3. The summed E-state index contributed by atoms with van der Waals surface area (Å²) in [5.74, 6) is -2.62. The van der Waals surface area contributed by atoms with Crippen molar-refractivity contribution in [3.05, 3.63) is 210 Å². The Kier molecular flexibility index (Phi) is 3.72. The zero-order chi connectivity index (χ0) is 63.8. The van der Waals surface area contributed by atoms with E-state index in [9.17, 15) is 9.60 Å². The third-order valence-electron chi connectivity index (χ3n) is 7.93. The Bertz CT molecular complexity index is 4540. The second kappa shape index (κ2) is 14.7. The number of hydrogen-bond donors (Lipinski definition) is 0. The van der Waals surface area contributed by atoms with Gasteiger partial charge in [-0.1, -0.05) is 158 Å². The molecule has 2 heterocycles. The van der Waals surface area contributed by atoms with Crippen LogP contribution in [0.2, 0.25) is 0 Å². The molecule has 0 aliphatic heterocycles. The minimum absolute atomic E-state index is 0.166. The van der Waals surface area contributed by atoms with E-state index in [0.29, 0.717) is 6.55 Å². The van der Waals surface area contributed by atoms with Gasteiger partial charge < -0.3 is 4.42 Å². The molecule has 4 nitrogen and oxygen atoms in total. The Balaban J connectivity index is 1.33. The van der Waals surface area contributed by atoms with Crippen LogP contribution in [-0.2, 0) is 6.42 Å². The summed E-state index contributed by atoms with van der Waals surface area (Å²) in [6.07, 6.45) is 0.332. The number of nitrogens with zero attached hydrogens (tertiary/aromatic N) is 3. The molecule has 262 valence electrons. The first-order valence-electron chi connectivity index (χ1n) is 31.7. The van der Waals surface area contributed by atoms with Gasteiger partial charge in [0.1, 0.15) is 11.2 Å². The standard InChI is InChI=1S/C51H37N3O/c1-3-5-14-42-31-40-17-9-10-18-41(40)32-44(42)29-34(4-2)38-19-13-20-39(30-38)35-23-25-37(26-24-35)50-52-49(36-15-7-6-8-16-36)53-51(54-50)43-27-28-46-45-21-11-12-22-47(45)55-48(46)33-43/h3-31,33H,1,32H2,2H3/b14-5-,34-4+,44-29+/i1D,2D,3D,4D,5D,6D,7D,8D,9D,10D,11D,12D,13D,14D,15D,16D,17D,18D,19D,20D,21D,22D,23D,24D,25D,26D,27D,28D,29D,30D,33D/b3-1?,14-5-,34-4+,44-29+. The monoisotopic (exact) mass is 738 g/mol. The number of rotatable bonds is 8. The van der Waals surface area contributed by atoms with Crippen LogP contribution in [0.25, 0.3) is 78.9 Å². The van der Waals surface area contributed by atoms with Crippen molar-refractivity contribution in [2.75, 3.05) is 0 Å². The lowest BCUT2D eigenvalue weighted by Crippen LogP contribution is -2.02. The first kappa shape index (κ1) is 13.9. The summed E-state index contributed by atoms with van der Waals surface area (Å²) in [7, 11) is 0. The molecule has 0 fully saturated rings. The Morgan fingerprint density at radius 1 is 0.691 bits per heavy atom. The molecule has 2 aromatic heterocycles. The summed E-state index contributed by atoms with van der Waals surface area (Å²) in [5, 5.41) is -0.768. The van der Waals surface area contributed by atoms with Crippen LogP contribution in [0.15, 0.2) is 197 Å². The minimum Gasteiger partial charge on any atom is -0.456 e. The van der Waals surface area contributed by atoms with Gasteiger partial charge in [-0.2, -0.15) is 0 Å². The third-order valence-corrected chi connectivity index (χ3v) is 7.93. The lowest BCUT2D eigenvalue weighted by Gasteiger charge is -2.19. The Morgan fingerprint density at radius 3 is 2.22 bits per heavy atom. The average molecular weight is 739 g/mol. The first-order valence-corrected chi connectivity index (χ1v) is 15.9. The molecule has 55 heavy (non-hydrogen) atoms. The molecule has 1 aliphatic carbocycles. The van der Waals surface area contributed by atoms with Crippen LogP contribution in [0.5, 0.6) is 0 Å². The molecular formula is C51H37N3O. The summed E-state index contributed by atoms with van der Waals surface area (Å²) in [4.78, 5) is 12.8. The molecular weight excluding hydrogens is 671 g/mol. The van der Waals surface area contributed by atoms with E-state index in [4.69, 9.17) is 37.3 Å². The van der Waals surface area contributed by atoms with Crippen molar-refractivity contribution < 1.29 is 46.9 Å². The van der Waals surface area contributed by atoms with Crippen molar-refractivity contribution in [3.8, 4) is 45.3 Å². The largest absolute Gasteiger partial charge is 0.456 e. The lowest BCUT2D eigenvalue weighted by molar-refractivity contribution is 0.669. The van der Waals surface area contributed by atoms with E-state index >= 15 is 0 Å². The fourth-order valence-electron chi connectivity index (χ4n) is 5.41. The molecule has 0 atom stereocenters. The maximum Gasteiger partial charge on any atom is 0.164 e. The first-order chi connectivity index (χ1) is 40.2. The van der Waals surface area contributed by atoms with Crippen molar-refractivity contribution in [1.82, 2.24) is 15.0 Å². The zero-order valence-electron chi connectivity index (χ0n) is 58.8. The predicted molar refractivity (Wildman–Crippen MR) is 228 cm³/mol. The zero-order valence-corrected chi connectivity index (χ0v) is 27.8. The predicted octanol–water partition coefficient (Wildman–Crippen LogP) is 13.2. The number of para-hydroxylation sites is 1. The highest BCUT2D eigenvalue weighted by molar-refractivity contribution is 6.05. The minimum atomic E-state index is -1.14. The molecule has 1 aliphatic rings. The Hall–Kier alpha value is -7.17. The molecule has 0 N–H and O–H groups in total. The van der Waals surface area contributed by atoms with Crippen LogP contribution in [-0.4, -0.2) is 15.0 Å². The van der Waals surface area contributed by atoms with Crippen LogP contribution in [0.1, 0.15) is 66.1 Å². The van der Waals surface area contributed by atoms with Gasteiger partial charge in [0.15, 0.2) is 17.5 Å². The fraction of sp³-hybridized carbons (Fsp3) is 0.0392. The third kappa shape index (κ3) is 6.78. The number of benzene rings is 6. The maximum absolute atomic E-state index is 9.67. The molecule has 0 amide bonds. The second-order valence-electron chi connectivity index (χ2n) is 11.2. The molecule has 0 unspecified atom stereocenters. The summed E-state index contributed by atoms with van der Waals surface area (Å²) in [6.45, 7) is -0.613. The highest BCUT2D eigenvalue weighted by Crippen LogP contribution is 2.35.